The summed E-state index contributed by atoms with van der Waals surface area (Å²) in [6.45, 7) is 0. The number of carbonyl (C=O) groups excluding carboxylic acids is 1. The van der Waals surface area contributed by atoms with Gasteiger partial charge in [-0.2, -0.15) is 5.10 Å². The first-order valence-electron chi connectivity index (χ1n) is 6.82. The maximum absolute atomic E-state index is 12.3. The predicted octanol–water partition coefficient (Wildman–Crippen LogP) is 2.17. The molecule has 0 atom stereocenters. The Hall–Kier alpha value is -2.50. The number of aromatic nitrogens is 2. The lowest BCUT2D eigenvalue weighted by Gasteiger charge is -2.10. The normalized spacial score (nSPS) is 12.9. The summed E-state index contributed by atoms with van der Waals surface area (Å²) in [5, 5.41) is 9.90. The van der Waals surface area contributed by atoms with Gasteiger partial charge in [-0.1, -0.05) is 0 Å². The van der Waals surface area contributed by atoms with Gasteiger partial charge in [0, 0.05) is 23.0 Å². The van der Waals surface area contributed by atoms with E-state index in [1.54, 1.807) is 32.4 Å². The van der Waals surface area contributed by atoms with Crippen molar-refractivity contribution in [1.82, 2.24) is 10.2 Å². The summed E-state index contributed by atoms with van der Waals surface area (Å²) in [6, 6.07) is 5.25. The number of benzene rings is 1. The number of hydrogen-bond donors (Lipinski definition) is 2. The molecule has 3 rings (SSSR count). The van der Waals surface area contributed by atoms with Crippen LogP contribution in [0.4, 0.5) is 5.69 Å². The second-order valence-corrected chi connectivity index (χ2v) is 4.91. The molecule has 2 N–H and O–H groups in total. The fourth-order valence-corrected chi connectivity index (χ4v) is 2.61. The minimum atomic E-state index is -0.207. The molecule has 1 aliphatic carbocycles. The van der Waals surface area contributed by atoms with Crippen LogP contribution in [0, 0.1) is 0 Å². The van der Waals surface area contributed by atoms with E-state index in [1.165, 1.54) is 0 Å². The molecule has 6 nitrogen and oxygen atoms in total. The molecule has 110 valence electrons. The number of fused-ring (bicyclic) bond motifs is 1. The average Bonchev–Trinajstić information content (AvgIpc) is 3.09. The number of anilines is 1. The first-order chi connectivity index (χ1) is 10.2. The van der Waals surface area contributed by atoms with Crippen LogP contribution in [0.5, 0.6) is 11.5 Å². The van der Waals surface area contributed by atoms with Gasteiger partial charge in [0.05, 0.1) is 14.2 Å². The van der Waals surface area contributed by atoms with Gasteiger partial charge in [-0.3, -0.25) is 9.89 Å². The highest BCUT2D eigenvalue weighted by Gasteiger charge is 2.23. The highest BCUT2D eigenvalue weighted by atomic mass is 16.5. The second kappa shape index (κ2) is 5.47. The molecule has 0 radical (unpaired) electrons. The number of carbonyl (C=O) groups is 1. The van der Waals surface area contributed by atoms with Gasteiger partial charge in [-0.15, -0.1) is 0 Å². The van der Waals surface area contributed by atoms with E-state index in [2.05, 4.69) is 15.5 Å². The lowest BCUT2D eigenvalue weighted by atomic mass is 10.2. The molecule has 0 aliphatic heterocycles. The Labute approximate surface area is 122 Å². The third-order valence-corrected chi connectivity index (χ3v) is 3.66. The van der Waals surface area contributed by atoms with Gasteiger partial charge in [0.15, 0.2) is 17.2 Å². The zero-order valence-electron chi connectivity index (χ0n) is 12.0. The van der Waals surface area contributed by atoms with Crippen molar-refractivity contribution in [3.05, 3.63) is 35.2 Å². The number of H-pyrrole nitrogens is 1. The number of ether oxygens (including phenoxy) is 2. The largest absolute Gasteiger partial charge is 0.493 e. The molecule has 1 aromatic heterocycles. The number of rotatable bonds is 4. The molecule has 1 heterocycles. The summed E-state index contributed by atoms with van der Waals surface area (Å²) < 4.78 is 10.4. The van der Waals surface area contributed by atoms with Gasteiger partial charge < -0.3 is 14.8 Å². The summed E-state index contributed by atoms with van der Waals surface area (Å²) >= 11 is 0. The second-order valence-electron chi connectivity index (χ2n) is 4.91. The van der Waals surface area contributed by atoms with Crippen molar-refractivity contribution in [2.75, 3.05) is 19.5 Å². The third kappa shape index (κ3) is 2.44. The Morgan fingerprint density at radius 2 is 2.05 bits per heavy atom. The topological polar surface area (TPSA) is 76.2 Å². The van der Waals surface area contributed by atoms with Gasteiger partial charge in [-0.25, -0.2) is 0 Å². The van der Waals surface area contributed by atoms with Crippen LogP contribution in [0.2, 0.25) is 0 Å². The van der Waals surface area contributed by atoms with Crippen LogP contribution in [0.3, 0.4) is 0 Å². The number of hydrogen-bond acceptors (Lipinski definition) is 4. The third-order valence-electron chi connectivity index (χ3n) is 3.66. The molecule has 0 fully saturated rings. The fraction of sp³-hybridized carbons (Fsp3) is 0.333. The van der Waals surface area contributed by atoms with Gasteiger partial charge in [0.2, 0.25) is 0 Å². The Kier molecular flexibility index (Phi) is 3.51. The molecule has 1 aliphatic rings. The van der Waals surface area contributed by atoms with Crippen LogP contribution in [-0.2, 0) is 12.8 Å². The minimum absolute atomic E-state index is 0.207. The van der Waals surface area contributed by atoms with Crippen LogP contribution in [0.1, 0.15) is 28.2 Å². The molecule has 0 saturated heterocycles. The van der Waals surface area contributed by atoms with E-state index >= 15 is 0 Å². The fourth-order valence-electron chi connectivity index (χ4n) is 2.61. The molecule has 6 heteroatoms. The molecule has 1 aromatic carbocycles. The lowest BCUT2D eigenvalue weighted by Crippen LogP contribution is -2.14. The first kappa shape index (κ1) is 13.5. The van der Waals surface area contributed by atoms with Gasteiger partial charge in [-0.05, 0) is 31.4 Å². The molecular weight excluding hydrogens is 270 g/mol. The Balaban J connectivity index is 1.81. The molecule has 21 heavy (non-hydrogen) atoms. The van der Waals surface area contributed by atoms with Gasteiger partial charge >= 0.3 is 0 Å². The van der Waals surface area contributed by atoms with Crippen LogP contribution < -0.4 is 14.8 Å². The molecule has 2 aromatic rings. The van der Waals surface area contributed by atoms with Crippen molar-refractivity contribution >= 4 is 11.6 Å². The number of aryl methyl sites for hydroxylation is 1. The monoisotopic (exact) mass is 287 g/mol. The van der Waals surface area contributed by atoms with E-state index in [9.17, 15) is 4.79 Å². The summed E-state index contributed by atoms with van der Waals surface area (Å²) in [5.41, 5.74) is 3.24. The molecular formula is C15H17N3O3. The number of nitrogens with zero attached hydrogens (tertiary/aromatic N) is 1. The molecule has 0 spiro atoms. The van der Waals surface area contributed by atoms with Crippen LogP contribution in [0.15, 0.2) is 18.2 Å². The summed E-state index contributed by atoms with van der Waals surface area (Å²) in [6.07, 6.45) is 2.94. The van der Waals surface area contributed by atoms with Crippen LogP contribution in [0.25, 0.3) is 0 Å². The van der Waals surface area contributed by atoms with E-state index in [0.29, 0.717) is 22.9 Å². The summed E-state index contributed by atoms with van der Waals surface area (Å²) in [7, 11) is 3.13. The van der Waals surface area contributed by atoms with Crippen molar-refractivity contribution in [1.29, 1.82) is 0 Å². The van der Waals surface area contributed by atoms with Crippen molar-refractivity contribution in [2.45, 2.75) is 19.3 Å². The minimum Gasteiger partial charge on any atom is -0.493 e. The number of aromatic amines is 1. The molecule has 0 bridgehead atoms. The maximum atomic E-state index is 12.3. The van der Waals surface area contributed by atoms with E-state index in [-0.39, 0.29) is 5.91 Å². The number of nitrogens with one attached hydrogen (secondary N) is 2. The standard InChI is InChI=1S/C15H17N3O3/c1-20-12-7-6-9(8-13(12)21-2)16-15(19)14-10-4-3-5-11(10)17-18-14/h6-8H,3-5H2,1-2H3,(H,16,19)(H,17,18). The Morgan fingerprint density at radius 1 is 1.24 bits per heavy atom. The van der Waals surface area contributed by atoms with Crippen molar-refractivity contribution < 1.29 is 14.3 Å². The number of amides is 1. The highest BCUT2D eigenvalue weighted by Crippen LogP contribution is 2.30. The summed E-state index contributed by atoms with van der Waals surface area (Å²) in [5.74, 6) is 0.986. The average molecular weight is 287 g/mol. The Morgan fingerprint density at radius 3 is 2.81 bits per heavy atom. The quantitative estimate of drug-likeness (QED) is 0.903. The van der Waals surface area contributed by atoms with E-state index in [0.717, 1.165) is 30.5 Å². The van der Waals surface area contributed by atoms with Crippen LogP contribution in [-0.4, -0.2) is 30.3 Å². The van der Waals surface area contributed by atoms with Gasteiger partial charge in [0.1, 0.15) is 0 Å². The summed E-state index contributed by atoms with van der Waals surface area (Å²) in [4.78, 5) is 12.3. The first-order valence-corrected chi connectivity index (χ1v) is 6.82. The molecule has 0 saturated carbocycles. The van der Waals surface area contributed by atoms with Crippen molar-refractivity contribution in [3.63, 3.8) is 0 Å². The highest BCUT2D eigenvalue weighted by molar-refractivity contribution is 6.04. The van der Waals surface area contributed by atoms with Crippen molar-refractivity contribution in [2.24, 2.45) is 0 Å². The van der Waals surface area contributed by atoms with E-state index < -0.39 is 0 Å². The SMILES string of the molecule is COc1ccc(NC(=O)c2n[nH]c3c2CCC3)cc1OC. The number of methoxy groups -OCH3 is 2. The molecule has 1 amide bonds. The van der Waals surface area contributed by atoms with Crippen molar-refractivity contribution in [3.8, 4) is 11.5 Å². The van der Waals surface area contributed by atoms with E-state index in [1.807, 2.05) is 0 Å². The molecule has 0 unspecified atom stereocenters. The zero-order chi connectivity index (χ0) is 14.8. The predicted molar refractivity (Wildman–Crippen MR) is 78.1 cm³/mol. The zero-order valence-corrected chi connectivity index (χ0v) is 12.0. The van der Waals surface area contributed by atoms with Crippen LogP contribution >= 0.6 is 0 Å². The lowest BCUT2D eigenvalue weighted by molar-refractivity contribution is 0.102. The van der Waals surface area contributed by atoms with E-state index in [4.69, 9.17) is 9.47 Å². The maximum Gasteiger partial charge on any atom is 0.276 e. The Bertz CT molecular complexity index is 679. The smallest absolute Gasteiger partial charge is 0.276 e. The van der Waals surface area contributed by atoms with Gasteiger partial charge in [0.25, 0.3) is 5.91 Å².